The van der Waals surface area contributed by atoms with Gasteiger partial charge in [-0.25, -0.2) is 4.98 Å². The SMILES string of the molecule is Cc1ccc(NC(=O)c2ccnc(C(C)(C)C#N)c2)cc1-c1cccc(-c2ccnc3[nH]ncc23)c1. The molecule has 0 atom stereocenters. The second kappa shape index (κ2) is 9.08. The molecule has 0 radical (unpaired) electrons. The van der Waals surface area contributed by atoms with Gasteiger partial charge in [0.1, 0.15) is 0 Å². The molecule has 0 bridgehead atoms. The normalized spacial score (nSPS) is 11.3. The molecule has 3 aromatic heterocycles. The molecule has 1 amide bonds. The molecule has 5 aromatic rings. The molecule has 0 fully saturated rings. The molecule has 0 saturated carbocycles. The van der Waals surface area contributed by atoms with Crippen LogP contribution in [-0.2, 0) is 5.41 Å². The highest BCUT2D eigenvalue weighted by atomic mass is 16.1. The molecule has 0 spiro atoms. The molecule has 0 aliphatic rings. The quantitative estimate of drug-likeness (QED) is 0.324. The fraction of sp³-hybridized carbons (Fsp3) is 0.138. The number of nitriles is 1. The van der Waals surface area contributed by atoms with Crippen molar-refractivity contribution in [2.75, 3.05) is 5.32 Å². The number of aromatic nitrogens is 4. The van der Waals surface area contributed by atoms with Gasteiger partial charge in [-0.05, 0) is 85.0 Å². The third-order valence-corrected chi connectivity index (χ3v) is 6.28. The molecule has 0 unspecified atom stereocenters. The number of anilines is 1. The number of amides is 1. The number of hydrogen-bond donors (Lipinski definition) is 2. The largest absolute Gasteiger partial charge is 0.322 e. The van der Waals surface area contributed by atoms with Gasteiger partial charge in [-0.3, -0.25) is 14.9 Å². The first kappa shape index (κ1) is 22.9. The lowest BCUT2D eigenvalue weighted by Gasteiger charge is -2.15. The minimum absolute atomic E-state index is 0.255. The standard InChI is InChI=1S/C29H24N6O/c1-18-7-8-22(34-28(36)21-9-11-31-26(14-21)29(2,3)17-30)15-24(18)20-6-4-5-19(13-20)23-10-12-32-27-25(23)16-33-35-27/h4-16H,1-3H3,(H,34,36)(H,32,33,35). The van der Waals surface area contributed by atoms with Gasteiger partial charge in [-0.2, -0.15) is 10.4 Å². The van der Waals surface area contributed by atoms with Crippen molar-refractivity contribution in [3.63, 3.8) is 0 Å². The van der Waals surface area contributed by atoms with Crippen molar-refractivity contribution in [1.82, 2.24) is 20.2 Å². The predicted octanol–water partition coefficient (Wildman–Crippen LogP) is 6.05. The van der Waals surface area contributed by atoms with Crippen LogP contribution in [-0.4, -0.2) is 26.1 Å². The zero-order chi connectivity index (χ0) is 25.3. The molecule has 0 saturated heterocycles. The molecule has 2 N–H and O–H groups in total. The van der Waals surface area contributed by atoms with Crippen LogP contribution in [0.15, 0.2) is 79.3 Å². The van der Waals surface area contributed by atoms with Gasteiger partial charge in [0.2, 0.25) is 0 Å². The highest BCUT2D eigenvalue weighted by molar-refractivity contribution is 6.04. The van der Waals surface area contributed by atoms with E-state index >= 15 is 0 Å². The molecule has 0 aliphatic carbocycles. The molecule has 7 heteroatoms. The Hall–Kier alpha value is -4.83. The van der Waals surface area contributed by atoms with Crippen LogP contribution in [0.4, 0.5) is 5.69 Å². The fourth-order valence-electron chi connectivity index (χ4n) is 4.14. The number of H-pyrrole nitrogens is 1. The van der Waals surface area contributed by atoms with Gasteiger partial charge in [0, 0.05) is 29.0 Å². The van der Waals surface area contributed by atoms with Crippen LogP contribution in [0.1, 0.15) is 35.5 Å². The molecule has 5 rings (SSSR count). The minimum atomic E-state index is -0.783. The molecular weight excluding hydrogens is 448 g/mol. The lowest BCUT2D eigenvalue weighted by atomic mass is 9.90. The topological polar surface area (TPSA) is 107 Å². The van der Waals surface area contributed by atoms with E-state index in [1.165, 1.54) is 0 Å². The number of benzene rings is 2. The van der Waals surface area contributed by atoms with E-state index in [-0.39, 0.29) is 5.91 Å². The monoisotopic (exact) mass is 472 g/mol. The Morgan fingerprint density at radius 3 is 2.56 bits per heavy atom. The van der Waals surface area contributed by atoms with Crippen LogP contribution in [0.5, 0.6) is 0 Å². The summed E-state index contributed by atoms with van der Waals surface area (Å²) < 4.78 is 0. The molecule has 3 heterocycles. The molecule has 176 valence electrons. The van der Waals surface area contributed by atoms with Gasteiger partial charge in [0.15, 0.2) is 5.65 Å². The summed E-state index contributed by atoms with van der Waals surface area (Å²) in [5, 5.41) is 20.4. The van der Waals surface area contributed by atoms with Gasteiger partial charge < -0.3 is 5.32 Å². The number of aromatic amines is 1. The zero-order valence-corrected chi connectivity index (χ0v) is 20.2. The van der Waals surface area contributed by atoms with Crippen molar-refractivity contribution < 1.29 is 4.79 Å². The summed E-state index contributed by atoms with van der Waals surface area (Å²) in [4.78, 5) is 21.6. The van der Waals surface area contributed by atoms with E-state index in [2.05, 4.69) is 49.8 Å². The summed E-state index contributed by atoms with van der Waals surface area (Å²) in [7, 11) is 0. The second-order valence-electron chi connectivity index (χ2n) is 9.22. The maximum atomic E-state index is 13.0. The predicted molar refractivity (Wildman–Crippen MR) is 140 cm³/mol. The van der Waals surface area contributed by atoms with Crippen molar-refractivity contribution in [3.8, 4) is 28.3 Å². The van der Waals surface area contributed by atoms with Gasteiger partial charge >= 0.3 is 0 Å². The number of hydrogen-bond acceptors (Lipinski definition) is 5. The van der Waals surface area contributed by atoms with E-state index in [1.807, 2.05) is 37.3 Å². The highest BCUT2D eigenvalue weighted by Gasteiger charge is 2.22. The Morgan fingerprint density at radius 2 is 1.75 bits per heavy atom. The van der Waals surface area contributed by atoms with E-state index in [1.54, 1.807) is 44.6 Å². The van der Waals surface area contributed by atoms with Crippen LogP contribution < -0.4 is 5.32 Å². The Bertz CT molecular complexity index is 1640. The number of nitrogens with zero attached hydrogens (tertiary/aromatic N) is 4. The van der Waals surface area contributed by atoms with Gasteiger partial charge in [-0.15, -0.1) is 0 Å². The van der Waals surface area contributed by atoms with Crippen LogP contribution in [0.3, 0.4) is 0 Å². The number of carbonyl (C=O) groups is 1. The third-order valence-electron chi connectivity index (χ3n) is 6.28. The Morgan fingerprint density at radius 1 is 0.972 bits per heavy atom. The maximum Gasteiger partial charge on any atom is 0.255 e. The van der Waals surface area contributed by atoms with Crippen LogP contribution in [0.2, 0.25) is 0 Å². The minimum Gasteiger partial charge on any atom is -0.322 e. The summed E-state index contributed by atoms with van der Waals surface area (Å²) in [6.45, 7) is 5.61. The van der Waals surface area contributed by atoms with Crippen molar-refractivity contribution >= 4 is 22.6 Å². The van der Waals surface area contributed by atoms with Gasteiger partial charge in [-0.1, -0.05) is 24.3 Å². The lowest BCUT2D eigenvalue weighted by molar-refractivity contribution is 0.102. The number of fused-ring (bicyclic) bond motifs is 1. The maximum absolute atomic E-state index is 13.0. The van der Waals surface area contributed by atoms with E-state index < -0.39 is 5.41 Å². The fourth-order valence-corrected chi connectivity index (χ4v) is 4.14. The first-order chi connectivity index (χ1) is 17.4. The number of pyridine rings is 2. The summed E-state index contributed by atoms with van der Waals surface area (Å²) in [6.07, 6.45) is 5.12. The number of nitrogens with one attached hydrogen (secondary N) is 2. The van der Waals surface area contributed by atoms with Crippen LogP contribution >= 0.6 is 0 Å². The second-order valence-corrected chi connectivity index (χ2v) is 9.22. The van der Waals surface area contributed by atoms with Crippen molar-refractivity contribution in [1.29, 1.82) is 5.26 Å². The molecular formula is C29H24N6O. The van der Waals surface area contributed by atoms with E-state index in [0.29, 0.717) is 16.9 Å². The summed E-state index contributed by atoms with van der Waals surface area (Å²) >= 11 is 0. The summed E-state index contributed by atoms with van der Waals surface area (Å²) in [6, 6.07) is 21.7. The highest BCUT2D eigenvalue weighted by Crippen LogP contribution is 2.32. The van der Waals surface area contributed by atoms with Gasteiger partial charge in [0.05, 0.1) is 23.4 Å². The van der Waals surface area contributed by atoms with Crippen molar-refractivity contribution in [2.45, 2.75) is 26.2 Å². The van der Waals surface area contributed by atoms with Crippen molar-refractivity contribution in [2.24, 2.45) is 0 Å². The molecule has 0 aliphatic heterocycles. The Kier molecular flexibility index (Phi) is 5.79. The number of carbonyl (C=O) groups excluding carboxylic acids is 1. The lowest BCUT2D eigenvalue weighted by Crippen LogP contribution is -2.18. The Balaban J connectivity index is 1.46. The first-order valence-electron chi connectivity index (χ1n) is 11.5. The van der Waals surface area contributed by atoms with Crippen molar-refractivity contribution in [3.05, 3.63) is 96.1 Å². The summed E-state index contributed by atoms with van der Waals surface area (Å²) in [5.41, 5.74) is 6.92. The number of rotatable bonds is 5. The Labute approximate surface area is 208 Å². The van der Waals surface area contributed by atoms with E-state index in [9.17, 15) is 10.1 Å². The third kappa shape index (κ3) is 4.32. The number of aryl methyl sites for hydroxylation is 1. The molecule has 36 heavy (non-hydrogen) atoms. The smallest absolute Gasteiger partial charge is 0.255 e. The van der Waals surface area contributed by atoms with Crippen LogP contribution in [0, 0.1) is 18.3 Å². The van der Waals surface area contributed by atoms with E-state index in [0.717, 1.165) is 38.9 Å². The molecule has 7 nitrogen and oxygen atoms in total. The average Bonchev–Trinajstić information content (AvgIpc) is 3.39. The van der Waals surface area contributed by atoms with E-state index in [4.69, 9.17) is 0 Å². The van der Waals surface area contributed by atoms with Gasteiger partial charge in [0.25, 0.3) is 5.91 Å². The summed E-state index contributed by atoms with van der Waals surface area (Å²) in [5.74, 6) is -0.255. The zero-order valence-electron chi connectivity index (χ0n) is 20.2. The first-order valence-corrected chi connectivity index (χ1v) is 11.5. The average molecular weight is 473 g/mol. The molecule has 2 aromatic carbocycles. The van der Waals surface area contributed by atoms with Crippen LogP contribution in [0.25, 0.3) is 33.3 Å².